The number of aromatic nitrogens is 1. The summed E-state index contributed by atoms with van der Waals surface area (Å²) < 4.78 is 9.69. The lowest BCUT2D eigenvalue weighted by Gasteiger charge is -2.34. The van der Waals surface area contributed by atoms with Crippen LogP contribution >= 0.6 is 11.9 Å². The number of hydrogen-bond acceptors (Lipinski definition) is 5. The number of nitriles is 1. The molecule has 0 fully saturated rings. The Balaban J connectivity index is 2.05. The van der Waals surface area contributed by atoms with Crippen LogP contribution < -0.4 is 4.74 Å². The van der Waals surface area contributed by atoms with Gasteiger partial charge >= 0.3 is 0 Å². The number of nitrogens with zero attached hydrogens (tertiary/aromatic N) is 3. The van der Waals surface area contributed by atoms with E-state index in [-0.39, 0.29) is 5.78 Å². The minimum absolute atomic E-state index is 0.0212. The zero-order chi connectivity index (χ0) is 21.1. The maximum absolute atomic E-state index is 13.7. The highest BCUT2D eigenvalue weighted by atomic mass is 32.2. The zero-order valence-electron chi connectivity index (χ0n) is 17.5. The molecule has 0 saturated carbocycles. The van der Waals surface area contributed by atoms with E-state index in [1.165, 1.54) is 11.9 Å². The van der Waals surface area contributed by atoms with Crippen molar-refractivity contribution in [3.05, 3.63) is 58.3 Å². The van der Waals surface area contributed by atoms with Crippen molar-refractivity contribution in [2.24, 2.45) is 7.05 Å². The van der Waals surface area contributed by atoms with Gasteiger partial charge in [-0.05, 0) is 55.9 Å². The maximum Gasteiger partial charge on any atom is 0.195 e. The molecule has 1 aliphatic rings. The molecule has 0 unspecified atom stereocenters. The van der Waals surface area contributed by atoms with E-state index < -0.39 is 5.41 Å². The molecule has 1 aliphatic carbocycles. The molecule has 148 valence electrons. The molecule has 0 bridgehead atoms. The standard InChI is InChI=1S/C23H23N3O2S/c1-23(2)16-11-18(28-6)19(29-25(3)4)10-15(16)21(27)20-14-8-7-13(12-24)9-17(14)26(5)22(20)23/h7-11H,1-6H3. The van der Waals surface area contributed by atoms with E-state index in [1.54, 1.807) is 13.2 Å². The van der Waals surface area contributed by atoms with Crippen molar-refractivity contribution in [3.63, 3.8) is 0 Å². The molecule has 3 aromatic rings. The predicted octanol–water partition coefficient (Wildman–Crippen LogP) is 4.50. The predicted molar refractivity (Wildman–Crippen MR) is 116 cm³/mol. The number of methoxy groups -OCH3 is 1. The van der Waals surface area contributed by atoms with Crippen molar-refractivity contribution >= 4 is 28.6 Å². The van der Waals surface area contributed by atoms with Crippen molar-refractivity contribution in [3.8, 4) is 11.8 Å². The Bertz CT molecular complexity index is 1220. The Morgan fingerprint density at radius 3 is 2.55 bits per heavy atom. The van der Waals surface area contributed by atoms with Gasteiger partial charge in [0.2, 0.25) is 0 Å². The number of fused-ring (bicyclic) bond motifs is 4. The van der Waals surface area contributed by atoms with Gasteiger partial charge in [-0.15, -0.1) is 0 Å². The van der Waals surface area contributed by atoms with Crippen LogP contribution in [0.3, 0.4) is 0 Å². The zero-order valence-corrected chi connectivity index (χ0v) is 18.3. The van der Waals surface area contributed by atoms with E-state index in [2.05, 4.69) is 24.5 Å². The minimum atomic E-state index is -0.395. The van der Waals surface area contributed by atoms with Gasteiger partial charge in [-0.2, -0.15) is 5.26 Å². The first-order valence-electron chi connectivity index (χ1n) is 9.36. The van der Waals surface area contributed by atoms with Crippen LogP contribution in [0.15, 0.2) is 35.2 Å². The minimum Gasteiger partial charge on any atom is -0.496 e. The second-order valence-corrected chi connectivity index (χ2v) is 9.39. The topological polar surface area (TPSA) is 58.3 Å². The molecule has 0 N–H and O–H groups in total. The van der Waals surface area contributed by atoms with E-state index in [9.17, 15) is 10.1 Å². The SMILES string of the molecule is COc1cc2c(cc1SN(C)C)C(=O)c1c(n(C)c3cc(C#N)ccc13)C2(C)C. The molecule has 0 saturated heterocycles. The maximum atomic E-state index is 13.7. The summed E-state index contributed by atoms with van der Waals surface area (Å²) in [6.45, 7) is 4.28. The first-order chi connectivity index (χ1) is 13.7. The van der Waals surface area contributed by atoms with Crippen molar-refractivity contribution in [1.29, 1.82) is 5.26 Å². The quantitative estimate of drug-likeness (QED) is 0.601. The van der Waals surface area contributed by atoms with Crippen molar-refractivity contribution in [2.45, 2.75) is 24.2 Å². The Labute approximate surface area is 175 Å². The Kier molecular flexibility index (Phi) is 4.49. The molecule has 0 atom stereocenters. The van der Waals surface area contributed by atoms with Crippen molar-refractivity contribution in [2.75, 3.05) is 21.2 Å². The number of ketones is 1. The average molecular weight is 406 g/mol. The summed E-state index contributed by atoms with van der Waals surface area (Å²) in [5, 5.41) is 10.2. The second-order valence-electron chi connectivity index (χ2n) is 8.03. The molecule has 6 heteroatoms. The van der Waals surface area contributed by atoms with Crippen molar-refractivity contribution < 1.29 is 9.53 Å². The number of ether oxygens (including phenoxy) is 1. The summed E-state index contributed by atoms with van der Waals surface area (Å²) in [5.41, 5.74) is 4.47. The van der Waals surface area contributed by atoms with Crippen molar-refractivity contribution in [1.82, 2.24) is 8.87 Å². The smallest absolute Gasteiger partial charge is 0.195 e. The molecule has 2 aromatic carbocycles. The summed E-state index contributed by atoms with van der Waals surface area (Å²) >= 11 is 1.53. The summed E-state index contributed by atoms with van der Waals surface area (Å²) in [6.07, 6.45) is 0. The summed E-state index contributed by atoms with van der Waals surface area (Å²) in [6, 6.07) is 11.7. The number of hydrogen-bond donors (Lipinski definition) is 0. The fourth-order valence-electron chi connectivity index (χ4n) is 4.42. The Morgan fingerprint density at radius 2 is 1.93 bits per heavy atom. The van der Waals surface area contributed by atoms with Gasteiger partial charge in [0.1, 0.15) is 5.75 Å². The number of rotatable bonds is 3. The van der Waals surface area contributed by atoms with Gasteiger partial charge in [0.15, 0.2) is 5.78 Å². The fraction of sp³-hybridized carbons (Fsp3) is 0.304. The molecule has 1 heterocycles. The Morgan fingerprint density at radius 1 is 1.21 bits per heavy atom. The van der Waals surface area contributed by atoms with Crippen LogP contribution in [0.4, 0.5) is 0 Å². The third-order valence-corrected chi connectivity index (χ3v) is 6.53. The van der Waals surface area contributed by atoms with Crippen LogP contribution in [0.2, 0.25) is 0 Å². The molecule has 0 aliphatic heterocycles. The summed E-state index contributed by atoms with van der Waals surface area (Å²) in [4.78, 5) is 14.6. The Hall–Kier alpha value is -2.75. The largest absolute Gasteiger partial charge is 0.496 e. The van der Waals surface area contributed by atoms with Crippen LogP contribution in [0.25, 0.3) is 10.9 Å². The molecule has 1 aromatic heterocycles. The lowest BCUT2D eigenvalue weighted by atomic mass is 9.71. The molecular formula is C23H23N3O2S. The van der Waals surface area contributed by atoms with E-state index in [4.69, 9.17) is 4.74 Å². The van der Waals surface area contributed by atoms with Crippen LogP contribution in [0.5, 0.6) is 5.75 Å². The highest BCUT2D eigenvalue weighted by Gasteiger charge is 2.41. The van der Waals surface area contributed by atoms with Gasteiger partial charge in [0.25, 0.3) is 0 Å². The average Bonchev–Trinajstić information content (AvgIpc) is 2.98. The molecule has 5 nitrogen and oxygen atoms in total. The highest BCUT2D eigenvalue weighted by molar-refractivity contribution is 7.97. The third-order valence-electron chi connectivity index (χ3n) is 5.65. The van der Waals surface area contributed by atoms with Crippen LogP contribution in [0, 0.1) is 11.3 Å². The van der Waals surface area contributed by atoms with Crippen LogP contribution in [-0.2, 0) is 12.5 Å². The highest BCUT2D eigenvalue weighted by Crippen LogP contribution is 2.47. The van der Waals surface area contributed by atoms with Gasteiger partial charge in [-0.25, -0.2) is 0 Å². The second kappa shape index (κ2) is 6.65. The third kappa shape index (κ3) is 2.77. The van der Waals surface area contributed by atoms with Gasteiger partial charge in [-0.3, -0.25) is 9.10 Å². The fourth-order valence-corrected chi connectivity index (χ4v) is 5.22. The molecule has 0 radical (unpaired) electrons. The van der Waals surface area contributed by atoms with Gasteiger partial charge in [-0.1, -0.05) is 19.9 Å². The molecule has 0 amide bonds. The molecule has 29 heavy (non-hydrogen) atoms. The number of carbonyl (C=O) groups is 1. The summed E-state index contributed by atoms with van der Waals surface area (Å²) in [7, 11) is 7.55. The van der Waals surface area contributed by atoms with Gasteiger partial charge in [0, 0.05) is 29.1 Å². The van der Waals surface area contributed by atoms with E-state index in [0.29, 0.717) is 11.1 Å². The monoisotopic (exact) mass is 405 g/mol. The molecule has 4 rings (SSSR count). The van der Waals surface area contributed by atoms with E-state index >= 15 is 0 Å². The number of benzene rings is 2. The lowest BCUT2D eigenvalue weighted by molar-refractivity contribution is 0.103. The normalized spacial score (nSPS) is 14.6. The first-order valence-corrected chi connectivity index (χ1v) is 10.1. The summed E-state index contributed by atoms with van der Waals surface area (Å²) in [5.74, 6) is 0.783. The van der Waals surface area contributed by atoms with E-state index in [0.717, 1.165) is 38.4 Å². The van der Waals surface area contributed by atoms with Gasteiger partial charge < -0.3 is 9.30 Å². The molecular weight excluding hydrogens is 382 g/mol. The van der Waals surface area contributed by atoms with Crippen LogP contribution in [0.1, 0.15) is 46.6 Å². The van der Waals surface area contributed by atoms with Crippen LogP contribution in [-0.4, -0.2) is 35.9 Å². The number of aryl methyl sites for hydroxylation is 1. The van der Waals surface area contributed by atoms with Gasteiger partial charge in [0.05, 0.1) is 34.7 Å². The first kappa shape index (κ1) is 19.6. The molecule has 0 spiro atoms. The number of carbonyl (C=O) groups excluding carboxylic acids is 1. The lowest BCUT2D eigenvalue weighted by Crippen LogP contribution is -2.32. The van der Waals surface area contributed by atoms with E-state index in [1.807, 2.05) is 49.7 Å².